The maximum Gasteiger partial charge on any atom is 0.179 e. The highest BCUT2D eigenvalue weighted by molar-refractivity contribution is 6.05. The van der Waals surface area contributed by atoms with E-state index in [9.17, 15) is 4.79 Å². The van der Waals surface area contributed by atoms with Gasteiger partial charge in [-0.15, -0.1) is 0 Å². The lowest BCUT2D eigenvalue weighted by Gasteiger charge is -2.39. The quantitative estimate of drug-likeness (QED) is 0.784. The Morgan fingerprint density at radius 1 is 1.05 bits per heavy atom. The standard InChI is InChI=1S/C19H19NO/c1-19(2)16-11-13-7-4-3-6-12(13)10-15(16)14-8-5-9-17(21)18(14)20-19/h3-4,6-7,10-11,20H,5,8-9H2,1-2H3. The van der Waals surface area contributed by atoms with Gasteiger partial charge in [0.05, 0.1) is 11.2 Å². The predicted molar refractivity (Wildman–Crippen MR) is 85.9 cm³/mol. The molecular formula is C19H19NO. The van der Waals surface area contributed by atoms with E-state index in [1.807, 2.05) is 0 Å². The Hall–Kier alpha value is -2.09. The van der Waals surface area contributed by atoms with Crippen molar-refractivity contribution in [2.45, 2.75) is 38.6 Å². The molecule has 0 fully saturated rings. The summed E-state index contributed by atoms with van der Waals surface area (Å²) >= 11 is 0. The fourth-order valence-corrected chi connectivity index (χ4v) is 3.65. The zero-order valence-corrected chi connectivity index (χ0v) is 12.5. The Balaban J connectivity index is 2.05. The molecule has 4 rings (SSSR count). The molecule has 2 nitrogen and oxygen atoms in total. The van der Waals surface area contributed by atoms with E-state index in [1.54, 1.807) is 0 Å². The number of ketones is 1. The van der Waals surface area contributed by atoms with Gasteiger partial charge < -0.3 is 5.32 Å². The minimum atomic E-state index is -0.203. The first-order valence-corrected chi connectivity index (χ1v) is 7.64. The molecule has 2 aliphatic rings. The number of allylic oxidation sites excluding steroid dienone is 2. The van der Waals surface area contributed by atoms with E-state index in [4.69, 9.17) is 0 Å². The van der Waals surface area contributed by atoms with Crippen molar-refractivity contribution >= 4 is 22.1 Å². The molecular weight excluding hydrogens is 258 g/mol. The molecule has 2 aromatic carbocycles. The first-order chi connectivity index (χ1) is 10.1. The molecule has 1 N–H and O–H groups in total. The number of Topliss-reactive ketones (excluding diaryl/α,β-unsaturated/α-hetero) is 1. The van der Waals surface area contributed by atoms with Crippen molar-refractivity contribution in [3.8, 4) is 0 Å². The molecule has 0 unspecified atom stereocenters. The van der Waals surface area contributed by atoms with Crippen LogP contribution in [0.4, 0.5) is 0 Å². The maximum atomic E-state index is 12.3. The Morgan fingerprint density at radius 3 is 2.52 bits per heavy atom. The van der Waals surface area contributed by atoms with Crippen LogP contribution in [0.1, 0.15) is 44.2 Å². The molecule has 106 valence electrons. The van der Waals surface area contributed by atoms with Gasteiger partial charge in [-0.25, -0.2) is 0 Å². The molecule has 1 heterocycles. The second-order valence-corrected chi connectivity index (χ2v) is 6.63. The predicted octanol–water partition coefficient (Wildman–Crippen LogP) is 4.14. The zero-order valence-electron chi connectivity index (χ0n) is 12.5. The smallest absolute Gasteiger partial charge is 0.179 e. The third-order valence-corrected chi connectivity index (χ3v) is 4.73. The van der Waals surface area contributed by atoms with Gasteiger partial charge in [-0.2, -0.15) is 0 Å². The Labute approximate surface area is 124 Å². The van der Waals surface area contributed by atoms with Gasteiger partial charge in [0.25, 0.3) is 0 Å². The van der Waals surface area contributed by atoms with E-state index >= 15 is 0 Å². The van der Waals surface area contributed by atoms with Gasteiger partial charge in [0, 0.05) is 6.42 Å². The molecule has 0 saturated carbocycles. The van der Waals surface area contributed by atoms with E-state index in [1.165, 1.54) is 27.5 Å². The van der Waals surface area contributed by atoms with Crippen molar-refractivity contribution in [2.75, 3.05) is 0 Å². The van der Waals surface area contributed by atoms with Gasteiger partial charge >= 0.3 is 0 Å². The van der Waals surface area contributed by atoms with Crippen molar-refractivity contribution in [3.05, 3.63) is 53.2 Å². The fraction of sp³-hybridized carbons (Fsp3) is 0.316. The van der Waals surface area contributed by atoms with E-state index in [0.717, 1.165) is 18.5 Å². The van der Waals surface area contributed by atoms with Crippen molar-refractivity contribution in [1.82, 2.24) is 5.32 Å². The molecule has 0 spiro atoms. The molecule has 0 amide bonds. The van der Waals surface area contributed by atoms with Gasteiger partial charge in [-0.1, -0.05) is 24.3 Å². The third kappa shape index (κ3) is 1.82. The van der Waals surface area contributed by atoms with Crippen LogP contribution in [0.5, 0.6) is 0 Å². The molecule has 0 saturated heterocycles. The number of hydrogen-bond donors (Lipinski definition) is 1. The van der Waals surface area contributed by atoms with Gasteiger partial charge in [-0.3, -0.25) is 4.79 Å². The lowest BCUT2D eigenvalue weighted by atomic mass is 9.77. The topological polar surface area (TPSA) is 29.1 Å². The summed E-state index contributed by atoms with van der Waals surface area (Å²) < 4.78 is 0. The number of carbonyl (C=O) groups is 1. The van der Waals surface area contributed by atoms with Crippen LogP contribution in [-0.2, 0) is 10.3 Å². The van der Waals surface area contributed by atoms with E-state index in [0.29, 0.717) is 6.42 Å². The number of hydrogen-bond acceptors (Lipinski definition) is 2. The van der Waals surface area contributed by atoms with Crippen molar-refractivity contribution in [2.24, 2.45) is 0 Å². The highest BCUT2D eigenvalue weighted by atomic mass is 16.1. The number of fused-ring (bicyclic) bond motifs is 3. The molecule has 0 bridgehead atoms. The first-order valence-electron chi connectivity index (χ1n) is 7.64. The molecule has 1 aliphatic heterocycles. The van der Waals surface area contributed by atoms with Crippen LogP contribution in [0.25, 0.3) is 16.3 Å². The number of benzene rings is 2. The summed E-state index contributed by atoms with van der Waals surface area (Å²) in [4.78, 5) is 12.3. The third-order valence-electron chi connectivity index (χ3n) is 4.73. The summed E-state index contributed by atoms with van der Waals surface area (Å²) in [5.41, 5.74) is 4.43. The van der Waals surface area contributed by atoms with Crippen LogP contribution in [0, 0.1) is 0 Å². The van der Waals surface area contributed by atoms with Gasteiger partial charge in [0.2, 0.25) is 0 Å². The molecule has 1 aliphatic carbocycles. The van der Waals surface area contributed by atoms with Gasteiger partial charge in [0.15, 0.2) is 5.78 Å². The Kier molecular flexibility index (Phi) is 2.53. The van der Waals surface area contributed by atoms with E-state index in [-0.39, 0.29) is 11.3 Å². The summed E-state index contributed by atoms with van der Waals surface area (Å²) in [6.07, 6.45) is 2.63. The second-order valence-electron chi connectivity index (χ2n) is 6.63. The molecule has 0 aromatic heterocycles. The van der Waals surface area contributed by atoms with Crippen molar-refractivity contribution in [3.63, 3.8) is 0 Å². The molecule has 2 aromatic rings. The highest BCUT2D eigenvalue weighted by Crippen LogP contribution is 2.42. The average molecular weight is 277 g/mol. The summed E-state index contributed by atoms with van der Waals surface area (Å²) in [5.74, 6) is 0.267. The van der Waals surface area contributed by atoms with Crippen LogP contribution >= 0.6 is 0 Å². The lowest BCUT2D eigenvalue weighted by Crippen LogP contribution is -2.43. The second kappa shape index (κ2) is 4.20. The molecule has 0 atom stereocenters. The summed E-state index contributed by atoms with van der Waals surface area (Å²) in [7, 11) is 0. The summed E-state index contributed by atoms with van der Waals surface area (Å²) in [6, 6.07) is 13.0. The van der Waals surface area contributed by atoms with Crippen LogP contribution in [-0.4, -0.2) is 5.78 Å². The van der Waals surface area contributed by atoms with Crippen LogP contribution in [0.3, 0.4) is 0 Å². The molecule has 0 radical (unpaired) electrons. The average Bonchev–Trinajstić information content (AvgIpc) is 2.47. The van der Waals surface area contributed by atoms with Crippen LogP contribution < -0.4 is 5.32 Å². The van der Waals surface area contributed by atoms with Crippen LogP contribution in [0.2, 0.25) is 0 Å². The number of nitrogens with one attached hydrogen (secondary N) is 1. The normalized spacial score (nSPS) is 20.0. The summed E-state index contributed by atoms with van der Waals surface area (Å²) in [6.45, 7) is 4.32. The first kappa shape index (κ1) is 12.6. The minimum absolute atomic E-state index is 0.203. The SMILES string of the molecule is CC1(C)NC2=C(CCCC2=O)c2cc3ccccc3cc21. The largest absolute Gasteiger partial charge is 0.373 e. The van der Waals surface area contributed by atoms with Crippen molar-refractivity contribution in [1.29, 1.82) is 0 Å². The molecule has 21 heavy (non-hydrogen) atoms. The summed E-state index contributed by atoms with van der Waals surface area (Å²) in [5, 5.41) is 6.01. The maximum absolute atomic E-state index is 12.3. The van der Waals surface area contributed by atoms with E-state index < -0.39 is 0 Å². The highest BCUT2D eigenvalue weighted by Gasteiger charge is 2.35. The number of carbonyl (C=O) groups excluding carboxylic acids is 1. The van der Waals surface area contributed by atoms with E-state index in [2.05, 4.69) is 55.6 Å². The van der Waals surface area contributed by atoms with Gasteiger partial charge in [0.1, 0.15) is 0 Å². The van der Waals surface area contributed by atoms with Gasteiger partial charge in [-0.05, 0) is 66.3 Å². The molecule has 2 heteroatoms. The van der Waals surface area contributed by atoms with Crippen LogP contribution in [0.15, 0.2) is 42.1 Å². The zero-order chi connectivity index (χ0) is 14.6. The lowest BCUT2D eigenvalue weighted by molar-refractivity contribution is -0.116. The minimum Gasteiger partial charge on any atom is -0.373 e. The van der Waals surface area contributed by atoms with Crippen molar-refractivity contribution < 1.29 is 4.79 Å². The Bertz CT molecular complexity index is 798. The Morgan fingerprint density at radius 2 is 1.76 bits per heavy atom. The monoisotopic (exact) mass is 277 g/mol. The fourth-order valence-electron chi connectivity index (χ4n) is 3.65. The number of rotatable bonds is 0.